The van der Waals surface area contributed by atoms with Crippen LogP contribution in [0.5, 0.6) is 0 Å². The van der Waals surface area contributed by atoms with Crippen LogP contribution in [0.4, 0.5) is 0 Å². The Morgan fingerprint density at radius 2 is 1.91 bits per heavy atom. The molecule has 1 aliphatic heterocycles. The van der Waals surface area contributed by atoms with Crippen LogP contribution in [-0.4, -0.2) is 16.4 Å². The third kappa shape index (κ3) is 1.99. The van der Waals surface area contributed by atoms with Crippen LogP contribution in [0.3, 0.4) is 0 Å². The standard InChI is InChI=1S/C8H16N2O/c1-4-7(3,11)6-8(5-2)9-10-8/h11H,4-6H2,1-3H3. The first-order chi connectivity index (χ1) is 5.04. The van der Waals surface area contributed by atoms with Gasteiger partial charge in [0.1, 0.15) is 0 Å². The van der Waals surface area contributed by atoms with Crippen molar-refractivity contribution in [3.8, 4) is 0 Å². The summed E-state index contributed by atoms with van der Waals surface area (Å²) < 4.78 is 0. The van der Waals surface area contributed by atoms with Gasteiger partial charge in [-0.1, -0.05) is 13.8 Å². The van der Waals surface area contributed by atoms with E-state index in [1.807, 2.05) is 20.8 Å². The quantitative estimate of drug-likeness (QED) is 0.665. The maximum absolute atomic E-state index is 9.71. The molecule has 1 aliphatic rings. The van der Waals surface area contributed by atoms with Gasteiger partial charge in [0.2, 0.25) is 0 Å². The molecule has 0 saturated carbocycles. The number of nitrogens with zero attached hydrogens (tertiary/aromatic N) is 2. The van der Waals surface area contributed by atoms with Gasteiger partial charge in [0.25, 0.3) is 0 Å². The summed E-state index contributed by atoms with van der Waals surface area (Å²) in [6.07, 6.45) is 2.34. The van der Waals surface area contributed by atoms with E-state index in [1.165, 1.54) is 0 Å². The lowest BCUT2D eigenvalue weighted by Crippen LogP contribution is -2.30. The molecule has 0 amide bonds. The van der Waals surface area contributed by atoms with Gasteiger partial charge in [0.15, 0.2) is 5.66 Å². The van der Waals surface area contributed by atoms with Crippen LogP contribution < -0.4 is 0 Å². The Kier molecular flexibility index (Phi) is 2.01. The highest BCUT2D eigenvalue weighted by atomic mass is 16.3. The Morgan fingerprint density at radius 3 is 2.18 bits per heavy atom. The van der Waals surface area contributed by atoms with E-state index >= 15 is 0 Å². The van der Waals surface area contributed by atoms with E-state index in [0.29, 0.717) is 6.42 Å². The minimum absolute atomic E-state index is 0.223. The fourth-order valence-corrected chi connectivity index (χ4v) is 1.14. The van der Waals surface area contributed by atoms with Crippen LogP contribution >= 0.6 is 0 Å². The fraction of sp³-hybridized carbons (Fsp3) is 1.00. The summed E-state index contributed by atoms with van der Waals surface area (Å²) >= 11 is 0. The number of hydrogen-bond acceptors (Lipinski definition) is 3. The Balaban J connectivity index is 2.41. The molecule has 0 radical (unpaired) electrons. The highest BCUT2D eigenvalue weighted by Crippen LogP contribution is 2.39. The molecule has 1 atom stereocenters. The van der Waals surface area contributed by atoms with Crippen LogP contribution in [0.15, 0.2) is 10.2 Å². The average Bonchev–Trinajstić information content (AvgIpc) is 2.69. The minimum atomic E-state index is -0.598. The van der Waals surface area contributed by atoms with E-state index in [1.54, 1.807) is 0 Å². The SMILES string of the molecule is CCC(C)(O)CC1(CC)N=N1. The first-order valence-electron chi connectivity index (χ1n) is 4.20. The second-order valence-corrected chi connectivity index (χ2v) is 3.56. The molecule has 3 heteroatoms. The molecule has 0 saturated heterocycles. The van der Waals surface area contributed by atoms with E-state index < -0.39 is 5.60 Å². The van der Waals surface area contributed by atoms with Crippen molar-refractivity contribution in [1.82, 2.24) is 0 Å². The van der Waals surface area contributed by atoms with Gasteiger partial charge >= 0.3 is 0 Å². The molecule has 1 rings (SSSR count). The molecule has 1 unspecified atom stereocenters. The Labute approximate surface area is 67.5 Å². The predicted molar refractivity (Wildman–Crippen MR) is 43.4 cm³/mol. The Hall–Kier alpha value is -0.440. The van der Waals surface area contributed by atoms with Crippen molar-refractivity contribution >= 4 is 0 Å². The van der Waals surface area contributed by atoms with Crippen molar-refractivity contribution in [3.63, 3.8) is 0 Å². The van der Waals surface area contributed by atoms with Crippen LogP contribution in [0, 0.1) is 0 Å². The van der Waals surface area contributed by atoms with Gasteiger partial charge in [-0.25, -0.2) is 0 Å². The third-order valence-electron chi connectivity index (χ3n) is 2.37. The minimum Gasteiger partial charge on any atom is -0.390 e. The van der Waals surface area contributed by atoms with E-state index in [-0.39, 0.29) is 5.66 Å². The summed E-state index contributed by atoms with van der Waals surface area (Å²) in [4.78, 5) is 0. The molecule has 0 aliphatic carbocycles. The average molecular weight is 156 g/mol. The summed E-state index contributed by atoms with van der Waals surface area (Å²) in [5, 5.41) is 17.6. The monoisotopic (exact) mass is 156 g/mol. The Bertz CT molecular complexity index is 165. The molecule has 0 bridgehead atoms. The maximum Gasteiger partial charge on any atom is 0.193 e. The summed E-state index contributed by atoms with van der Waals surface area (Å²) in [6.45, 7) is 5.87. The van der Waals surface area contributed by atoms with Crippen molar-refractivity contribution in [2.75, 3.05) is 0 Å². The molecule has 1 N–H and O–H groups in total. The van der Waals surface area contributed by atoms with Gasteiger partial charge in [-0.05, 0) is 19.8 Å². The van der Waals surface area contributed by atoms with Gasteiger partial charge in [-0.3, -0.25) is 0 Å². The van der Waals surface area contributed by atoms with Crippen molar-refractivity contribution in [2.24, 2.45) is 10.2 Å². The van der Waals surface area contributed by atoms with Gasteiger partial charge in [0.05, 0.1) is 5.60 Å². The van der Waals surface area contributed by atoms with Crippen molar-refractivity contribution in [1.29, 1.82) is 0 Å². The molecule has 0 fully saturated rings. The lowest BCUT2D eigenvalue weighted by Gasteiger charge is -2.23. The first-order valence-corrected chi connectivity index (χ1v) is 4.20. The van der Waals surface area contributed by atoms with Gasteiger partial charge in [0, 0.05) is 6.42 Å². The maximum atomic E-state index is 9.71. The Morgan fingerprint density at radius 1 is 1.36 bits per heavy atom. The molecule has 0 aromatic heterocycles. The van der Waals surface area contributed by atoms with Gasteiger partial charge in [-0.2, -0.15) is 10.2 Å². The summed E-state index contributed by atoms with van der Waals surface area (Å²) in [7, 11) is 0. The first kappa shape index (κ1) is 8.65. The zero-order valence-electron chi connectivity index (χ0n) is 7.46. The van der Waals surface area contributed by atoms with E-state index in [4.69, 9.17) is 0 Å². The van der Waals surface area contributed by atoms with E-state index in [0.717, 1.165) is 12.8 Å². The van der Waals surface area contributed by atoms with Crippen LogP contribution in [0.2, 0.25) is 0 Å². The molecule has 64 valence electrons. The zero-order valence-corrected chi connectivity index (χ0v) is 7.46. The highest BCUT2D eigenvalue weighted by molar-refractivity contribution is 4.97. The van der Waals surface area contributed by atoms with E-state index in [2.05, 4.69) is 10.2 Å². The predicted octanol–water partition coefficient (Wildman–Crippen LogP) is 2.11. The summed E-state index contributed by atoms with van der Waals surface area (Å²) in [5.74, 6) is 0. The van der Waals surface area contributed by atoms with Crippen molar-refractivity contribution in [2.45, 2.75) is 51.3 Å². The third-order valence-corrected chi connectivity index (χ3v) is 2.37. The van der Waals surface area contributed by atoms with Crippen LogP contribution in [0.25, 0.3) is 0 Å². The lowest BCUT2D eigenvalue weighted by atomic mass is 9.91. The zero-order chi connectivity index (χ0) is 8.54. The summed E-state index contributed by atoms with van der Waals surface area (Å²) in [5.41, 5.74) is -0.820. The fourth-order valence-electron chi connectivity index (χ4n) is 1.14. The molecule has 1 heterocycles. The number of hydrogen-bond donors (Lipinski definition) is 1. The number of rotatable bonds is 4. The molecule has 11 heavy (non-hydrogen) atoms. The second kappa shape index (κ2) is 2.55. The van der Waals surface area contributed by atoms with Gasteiger partial charge in [-0.15, -0.1) is 0 Å². The second-order valence-electron chi connectivity index (χ2n) is 3.56. The largest absolute Gasteiger partial charge is 0.390 e. The van der Waals surface area contributed by atoms with E-state index in [9.17, 15) is 5.11 Å². The molecule has 0 spiro atoms. The number of aliphatic hydroxyl groups is 1. The van der Waals surface area contributed by atoms with Crippen LogP contribution in [-0.2, 0) is 0 Å². The molecule has 0 aromatic rings. The molecular formula is C8H16N2O. The highest BCUT2D eigenvalue weighted by Gasteiger charge is 2.43. The lowest BCUT2D eigenvalue weighted by molar-refractivity contribution is 0.0340. The normalized spacial score (nSPS) is 24.7. The molecule has 3 nitrogen and oxygen atoms in total. The van der Waals surface area contributed by atoms with Gasteiger partial charge < -0.3 is 5.11 Å². The van der Waals surface area contributed by atoms with Crippen molar-refractivity contribution < 1.29 is 5.11 Å². The smallest absolute Gasteiger partial charge is 0.193 e. The van der Waals surface area contributed by atoms with Crippen molar-refractivity contribution in [3.05, 3.63) is 0 Å². The molecular weight excluding hydrogens is 140 g/mol. The van der Waals surface area contributed by atoms with Crippen LogP contribution in [0.1, 0.15) is 40.0 Å². The topological polar surface area (TPSA) is 45.0 Å². The molecule has 0 aromatic carbocycles. The summed E-state index contributed by atoms with van der Waals surface area (Å²) in [6, 6.07) is 0.